The molecule has 0 radical (unpaired) electrons. The number of carbonyl (C=O) groups excluding carboxylic acids is 2. The Kier molecular flexibility index (Phi) is 5.68. The largest absolute Gasteiger partial charge is 0.493 e. The second-order valence-corrected chi connectivity index (χ2v) is 5.30. The Balaban J connectivity index is 2.29. The van der Waals surface area contributed by atoms with Crippen molar-refractivity contribution in [2.24, 2.45) is 0 Å². The van der Waals surface area contributed by atoms with E-state index in [0.717, 1.165) is 6.07 Å². The van der Waals surface area contributed by atoms with Gasteiger partial charge in [-0.3, -0.25) is 9.59 Å². The van der Waals surface area contributed by atoms with Gasteiger partial charge in [0.2, 0.25) is 0 Å². The number of carbonyl (C=O) groups is 2. The molecule has 0 N–H and O–H groups in total. The number of benzene rings is 2. The summed E-state index contributed by atoms with van der Waals surface area (Å²) in [4.78, 5) is 23.2. The molecule has 2 aromatic carbocycles. The Morgan fingerprint density at radius 3 is 2.29 bits per heavy atom. The van der Waals surface area contributed by atoms with Gasteiger partial charge < -0.3 is 9.47 Å². The lowest BCUT2D eigenvalue weighted by Gasteiger charge is -2.14. The summed E-state index contributed by atoms with van der Waals surface area (Å²) in [5.74, 6) is 0.0484. The fourth-order valence-corrected chi connectivity index (χ4v) is 2.27. The van der Waals surface area contributed by atoms with Crippen LogP contribution in [0.25, 0.3) is 0 Å². The summed E-state index contributed by atoms with van der Waals surface area (Å²) in [6.45, 7) is 5.26. The van der Waals surface area contributed by atoms with Crippen molar-refractivity contribution in [3.63, 3.8) is 0 Å². The van der Waals surface area contributed by atoms with Crippen LogP contribution in [0.5, 0.6) is 11.5 Å². The first-order valence-electron chi connectivity index (χ1n) is 7.62. The lowest BCUT2D eigenvalue weighted by Crippen LogP contribution is -2.06. The summed E-state index contributed by atoms with van der Waals surface area (Å²) in [7, 11) is 0. The molecule has 5 heteroatoms. The van der Waals surface area contributed by atoms with Crippen molar-refractivity contribution in [1.82, 2.24) is 0 Å². The summed E-state index contributed by atoms with van der Waals surface area (Å²) >= 11 is 0. The molecule has 0 saturated carbocycles. The monoisotopic (exact) mass is 330 g/mol. The van der Waals surface area contributed by atoms with E-state index < -0.39 is 5.82 Å². The third kappa shape index (κ3) is 4.19. The van der Waals surface area contributed by atoms with E-state index in [1.165, 1.54) is 26.0 Å². The van der Waals surface area contributed by atoms with Crippen molar-refractivity contribution in [2.75, 3.05) is 6.61 Å². The Labute approximate surface area is 140 Å². The van der Waals surface area contributed by atoms with E-state index >= 15 is 0 Å². The number of hydrogen-bond donors (Lipinski definition) is 0. The topological polar surface area (TPSA) is 52.6 Å². The van der Waals surface area contributed by atoms with E-state index in [1.807, 2.05) is 6.92 Å². The molecule has 0 bridgehead atoms. The van der Waals surface area contributed by atoms with E-state index in [9.17, 15) is 14.0 Å². The minimum Gasteiger partial charge on any atom is -0.493 e. The van der Waals surface area contributed by atoms with Gasteiger partial charge in [-0.1, -0.05) is 0 Å². The fraction of sp³-hybridized carbons (Fsp3) is 0.263. The minimum atomic E-state index is -0.499. The number of ketones is 2. The van der Waals surface area contributed by atoms with Crippen LogP contribution in [0.2, 0.25) is 0 Å². The number of halogens is 1. The molecule has 0 aliphatic carbocycles. The molecule has 0 aliphatic rings. The van der Waals surface area contributed by atoms with Crippen molar-refractivity contribution < 1.29 is 23.5 Å². The highest BCUT2D eigenvalue weighted by molar-refractivity contribution is 5.96. The summed E-state index contributed by atoms with van der Waals surface area (Å²) in [6.07, 6.45) is 0. The van der Waals surface area contributed by atoms with Gasteiger partial charge in [0.1, 0.15) is 23.9 Å². The molecule has 0 fully saturated rings. The zero-order valence-corrected chi connectivity index (χ0v) is 13.9. The van der Waals surface area contributed by atoms with Crippen LogP contribution in [0.1, 0.15) is 47.1 Å². The average Bonchev–Trinajstić information content (AvgIpc) is 2.54. The van der Waals surface area contributed by atoms with Gasteiger partial charge in [-0.15, -0.1) is 0 Å². The third-order valence-electron chi connectivity index (χ3n) is 3.47. The zero-order chi connectivity index (χ0) is 17.7. The molecule has 2 rings (SSSR count). The third-order valence-corrected chi connectivity index (χ3v) is 3.47. The lowest BCUT2D eigenvalue weighted by molar-refractivity contribution is 0.100. The van der Waals surface area contributed by atoms with Crippen LogP contribution in [-0.4, -0.2) is 18.2 Å². The highest BCUT2D eigenvalue weighted by Crippen LogP contribution is 2.25. The average molecular weight is 330 g/mol. The maximum Gasteiger partial charge on any atom is 0.163 e. The zero-order valence-electron chi connectivity index (χ0n) is 13.9. The first kappa shape index (κ1) is 17.7. The van der Waals surface area contributed by atoms with Gasteiger partial charge in [0.15, 0.2) is 11.6 Å². The molecule has 0 saturated heterocycles. The second-order valence-electron chi connectivity index (χ2n) is 5.30. The van der Waals surface area contributed by atoms with Crippen molar-refractivity contribution in [1.29, 1.82) is 0 Å². The van der Waals surface area contributed by atoms with Crippen molar-refractivity contribution in [3.05, 3.63) is 58.9 Å². The maximum atomic E-state index is 13.3. The molecule has 0 heterocycles. The number of rotatable bonds is 7. The Morgan fingerprint density at radius 1 is 0.958 bits per heavy atom. The van der Waals surface area contributed by atoms with Crippen molar-refractivity contribution in [2.45, 2.75) is 27.4 Å². The van der Waals surface area contributed by atoms with Gasteiger partial charge in [-0.05, 0) is 57.2 Å². The molecule has 0 aromatic heterocycles. The fourth-order valence-electron chi connectivity index (χ4n) is 2.27. The lowest BCUT2D eigenvalue weighted by atomic mass is 10.1. The first-order chi connectivity index (χ1) is 11.4. The number of ether oxygens (including phenoxy) is 2. The smallest absolute Gasteiger partial charge is 0.163 e. The van der Waals surface area contributed by atoms with Crippen LogP contribution in [-0.2, 0) is 6.61 Å². The second kappa shape index (κ2) is 7.73. The predicted molar refractivity (Wildman–Crippen MR) is 88.4 cm³/mol. The van der Waals surface area contributed by atoms with Gasteiger partial charge in [0, 0.05) is 11.1 Å². The highest BCUT2D eigenvalue weighted by Gasteiger charge is 2.13. The summed E-state index contributed by atoms with van der Waals surface area (Å²) in [6, 6.07) is 8.90. The van der Waals surface area contributed by atoms with Crippen LogP contribution in [0.3, 0.4) is 0 Å². The normalized spacial score (nSPS) is 10.3. The quantitative estimate of drug-likeness (QED) is 0.714. The summed E-state index contributed by atoms with van der Waals surface area (Å²) in [5, 5.41) is 0. The van der Waals surface area contributed by atoms with Crippen LogP contribution < -0.4 is 9.47 Å². The van der Waals surface area contributed by atoms with E-state index in [-0.39, 0.29) is 23.7 Å². The molecule has 24 heavy (non-hydrogen) atoms. The molecule has 2 aromatic rings. The maximum absolute atomic E-state index is 13.3. The molecular weight excluding hydrogens is 311 g/mol. The van der Waals surface area contributed by atoms with E-state index in [2.05, 4.69) is 0 Å². The van der Waals surface area contributed by atoms with Gasteiger partial charge in [0.05, 0.1) is 12.2 Å². The van der Waals surface area contributed by atoms with Crippen LogP contribution in [0.15, 0.2) is 36.4 Å². The summed E-state index contributed by atoms with van der Waals surface area (Å²) in [5.41, 5.74) is 1.40. The molecule has 0 spiro atoms. The highest BCUT2D eigenvalue weighted by atomic mass is 19.1. The molecule has 0 amide bonds. The van der Waals surface area contributed by atoms with Crippen molar-refractivity contribution in [3.8, 4) is 11.5 Å². The number of hydrogen-bond acceptors (Lipinski definition) is 4. The van der Waals surface area contributed by atoms with Crippen LogP contribution >= 0.6 is 0 Å². The predicted octanol–water partition coefficient (Wildman–Crippen LogP) is 4.21. The Morgan fingerprint density at radius 2 is 1.67 bits per heavy atom. The molecule has 0 unspecified atom stereocenters. The Bertz CT molecular complexity index is 768. The molecule has 126 valence electrons. The van der Waals surface area contributed by atoms with Gasteiger partial charge in [-0.2, -0.15) is 0 Å². The minimum absolute atomic E-state index is 0.0643. The van der Waals surface area contributed by atoms with Gasteiger partial charge >= 0.3 is 0 Å². The molecule has 0 atom stereocenters. The van der Waals surface area contributed by atoms with E-state index in [4.69, 9.17) is 9.47 Å². The summed E-state index contributed by atoms with van der Waals surface area (Å²) < 4.78 is 24.5. The Hall–Kier alpha value is -2.69. The van der Waals surface area contributed by atoms with E-state index in [0.29, 0.717) is 29.2 Å². The molecular formula is C19H19FO4. The number of Topliss-reactive ketones (excluding diaryl/α,β-unsaturated/α-hetero) is 2. The van der Waals surface area contributed by atoms with Crippen molar-refractivity contribution >= 4 is 11.6 Å². The molecule has 4 nitrogen and oxygen atoms in total. The van der Waals surface area contributed by atoms with Crippen LogP contribution in [0, 0.1) is 5.82 Å². The van der Waals surface area contributed by atoms with Gasteiger partial charge in [0.25, 0.3) is 0 Å². The van der Waals surface area contributed by atoms with Crippen LogP contribution in [0.4, 0.5) is 4.39 Å². The van der Waals surface area contributed by atoms with Gasteiger partial charge in [-0.25, -0.2) is 4.39 Å². The molecule has 0 aliphatic heterocycles. The first-order valence-corrected chi connectivity index (χ1v) is 7.62. The van der Waals surface area contributed by atoms with E-state index in [1.54, 1.807) is 18.2 Å². The SMILES string of the molecule is CCOc1ccc(C(C)=O)cc1COc1ccc(F)cc1C(C)=O. The standard InChI is InChI=1S/C19H19FO4/c1-4-23-18-7-5-14(12(2)21)9-15(18)11-24-19-8-6-16(20)10-17(19)13(3)22/h5-10H,4,11H2,1-3H3.